The second-order valence-corrected chi connectivity index (χ2v) is 5.10. The lowest BCUT2D eigenvalue weighted by molar-refractivity contribution is 0.0519. The van der Waals surface area contributed by atoms with Crippen LogP contribution in [0.25, 0.3) is 0 Å². The van der Waals surface area contributed by atoms with Crippen molar-refractivity contribution in [3.05, 3.63) is 28.6 Å². The van der Waals surface area contributed by atoms with E-state index in [1.54, 1.807) is 19.9 Å². The molecule has 1 rings (SSSR count). The number of aryl methyl sites for hydroxylation is 1. The lowest BCUT2D eigenvalue weighted by Gasteiger charge is -2.21. The van der Waals surface area contributed by atoms with Gasteiger partial charge in [0.05, 0.1) is 17.9 Å². The summed E-state index contributed by atoms with van der Waals surface area (Å²) < 4.78 is 4.94. The summed E-state index contributed by atoms with van der Waals surface area (Å²) in [6.45, 7) is 9.78. The normalized spacial score (nSPS) is 10.9. The molecule has 0 saturated heterocycles. The number of hydrogen-bond donors (Lipinski definition) is 0. The van der Waals surface area contributed by atoms with Crippen molar-refractivity contribution < 1.29 is 9.53 Å². The first kappa shape index (κ1) is 14.2. The van der Waals surface area contributed by atoms with E-state index in [2.05, 4.69) is 11.1 Å². The number of pyridine rings is 1. The van der Waals surface area contributed by atoms with Crippen LogP contribution < -0.4 is 0 Å². The van der Waals surface area contributed by atoms with Crippen molar-refractivity contribution in [2.45, 2.75) is 40.0 Å². The van der Waals surface area contributed by atoms with Gasteiger partial charge in [0.2, 0.25) is 0 Å². The summed E-state index contributed by atoms with van der Waals surface area (Å²) in [5.41, 5.74) is 1.96. The molecule has 0 radical (unpaired) electrons. The van der Waals surface area contributed by atoms with Crippen molar-refractivity contribution in [3.63, 3.8) is 0 Å². The zero-order valence-electron chi connectivity index (χ0n) is 11.5. The van der Waals surface area contributed by atoms with Crippen LogP contribution in [0.4, 0.5) is 0 Å². The predicted molar refractivity (Wildman–Crippen MR) is 68.3 cm³/mol. The van der Waals surface area contributed by atoms with Gasteiger partial charge in [-0.1, -0.05) is 20.8 Å². The van der Waals surface area contributed by atoms with Gasteiger partial charge in [-0.2, -0.15) is 5.26 Å². The molecule has 0 aliphatic rings. The first-order valence-electron chi connectivity index (χ1n) is 5.90. The van der Waals surface area contributed by atoms with Crippen LogP contribution in [0.15, 0.2) is 6.07 Å². The van der Waals surface area contributed by atoms with Crippen molar-refractivity contribution in [2.24, 2.45) is 0 Å². The summed E-state index contributed by atoms with van der Waals surface area (Å²) in [5, 5.41) is 9.19. The summed E-state index contributed by atoms with van der Waals surface area (Å²) in [6.07, 6.45) is 0. The Morgan fingerprint density at radius 2 is 2.11 bits per heavy atom. The third-order valence-corrected chi connectivity index (χ3v) is 2.60. The molecule has 0 saturated carbocycles. The van der Waals surface area contributed by atoms with Crippen LogP contribution in [0, 0.1) is 18.3 Å². The Hall–Kier alpha value is -1.89. The number of esters is 1. The van der Waals surface area contributed by atoms with Crippen LogP contribution in [-0.2, 0) is 10.2 Å². The fourth-order valence-corrected chi connectivity index (χ4v) is 1.71. The van der Waals surface area contributed by atoms with Gasteiger partial charge < -0.3 is 4.74 Å². The molecule has 4 heteroatoms. The number of hydrogen-bond acceptors (Lipinski definition) is 4. The molecule has 0 aliphatic heterocycles. The van der Waals surface area contributed by atoms with E-state index < -0.39 is 5.97 Å². The van der Waals surface area contributed by atoms with Gasteiger partial charge in [-0.15, -0.1) is 0 Å². The van der Waals surface area contributed by atoms with Gasteiger partial charge in [-0.25, -0.2) is 9.78 Å². The van der Waals surface area contributed by atoms with Gasteiger partial charge >= 0.3 is 5.97 Å². The molecule has 0 bridgehead atoms. The molecule has 0 atom stereocenters. The number of nitriles is 1. The Morgan fingerprint density at radius 1 is 1.50 bits per heavy atom. The number of aromatic nitrogens is 1. The first-order valence-corrected chi connectivity index (χ1v) is 5.90. The average Bonchev–Trinajstić information content (AvgIpc) is 2.27. The molecule has 1 heterocycles. The maximum atomic E-state index is 11.7. The number of ether oxygens (including phenoxy) is 1. The number of nitrogens with zero attached hydrogens (tertiary/aromatic N) is 2. The van der Waals surface area contributed by atoms with Crippen molar-refractivity contribution in [1.82, 2.24) is 4.98 Å². The van der Waals surface area contributed by atoms with Gasteiger partial charge in [-0.05, 0) is 30.9 Å². The maximum absolute atomic E-state index is 11.7. The van der Waals surface area contributed by atoms with E-state index in [1.807, 2.05) is 20.8 Å². The van der Waals surface area contributed by atoms with E-state index in [0.717, 1.165) is 5.56 Å². The highest BCUT2D eigenvalue weighted by Gasteiger charge is 2.23. The summed E-state index contributed by atoms with van der Waals surface area (Å²) in [4.78, 5) is 15.8. The minimum atomic E-state index is -0.449. The molecule has 1 aromatic heterocycles. The van der Waals surface area contributed by atoms with Gasteiger partial charge in [0.25, 0.3) is 0 Å². The van der Waals surface area contributed by atoms with E-state index in [1.165, 1.54) is 0 Å². The van der Waals surface area contributed by atoms with Crippen LogP contribution in [0.2, 0.25) is 0 Å². The lowest BCUT2D eigenvalue weighted by Crippen LogP contribution is -2.18. The lowest BCUT2D eigenvalue weighted by atomic mass is 9.83. The minimum absolute atomic E-state index is 0.222. The summed E-state index contributed by atoms with van der Waals surface area (Å²) in [5.74, 6) is -0.449. The quantitative estimate of drug-likeness (QED) is 0.753. The molecule has 0 aromatic carbocycles. The van der Waals surface area contributed by atoms with Gasteiger partial charge in [-0.3, -0.25) is 0 Å². The second kappa shape index (κ2) is 5.18. The fourth-order valence-electron chi connectivity index (χ4n) is 1.71. The molecular weight excluding hydrogens is 228 g/mol. The largest absolute Gasteiger partial charge is 0.461 e. The van der Waals surface area contributed by atoms with Crippen LogP contribution >= 0.6 is 0 Å². The first-order chi connectivity index (χ1) is 8.31. The maximum Gasteiger partial charge on any atom is 0.356 e. The Bertz CT molecular complexity index is 508. The topological polar surface area (TPSA) is 63.0 Å². The van der Waals surface area contributed by atoms with E-state index >= 15 is 0 Å². The molecular formula is C14H18N2O2. The molecule has 0 spiro atoms. The number of carbonyl (C=O) groups excluding carboxylic acids is 1. The third kappa shape index (κ3) is 2.86. The van der Waals surface area contributed by atoms with E-state index in [-0.39, 0.29) is 11.1 Å². The number of rotatable bonds is 2. The molecule has 4 nitrogen and oxygen atoms in total. The Balaban J connectivity index is 3.41. The highest BCUT2D eigenvalue weighted by Crippen LogP contribution is 2.27. The van der Waals surface area contributed by atoms with Crippen LogP contribution in [0.3, 0.4) is 0 Å². The molecule has 0 amide bonds. The summed E-state index contributed by atoms with van der Waals surface area (Å²) in [6, 6.07) is 3.81. The van der Waals surface area contributed by atoms with Gasteiger partial charge in [0.1, 0.15) is 11.8 Å². The molecule has 18 heavy (non-hydrogen) atoms. The molecule has 1 aromatic rings. The molecule has 0 aliphatic carbocycles. The zero-order valence-corrected chi connectivity index (χ0v) is 11.5. The van der Waals surface area contributed by atoms with E-state index in [4.69, 9.17) is 4.74 Å². The third-order valence-electron chi connectivity index (χ3n) is 2.60. The standard InChI is InChI=1S/C14H18N2O2/c1-6-18-13(17)12-7-11(14(3,4)5)10(8-15)9(2)16-12/h7H,6H2,1-5H3. The number of carbonyl (C=O) groups is 1. The zero-order chi connectivity index (χ0) is 13.9. The monoisotopic (exact) mass is 246 g/mol. The highest BCUT2D eigenvalue weighted by molar-refractivity contribution is 5.87. The Morgan fingerprint density at radius 3 is 2.56 bits per heavy atom. The Kier molecular flexibility index (Phi) is 4.07. The highest BCUT2D eigenvalue weighted by atomic mass is 16.5. The fraction of sp³-hybridized carbons (Fsp3) is 0.500. The SMILES string of the molecule is CCOC(=O)c1cc(C(C)(C)C)c(C#N)c(C)n1. The van der Waals surface area contributed by atoms with Crippen molar-refractivity contribution in [1.29, 1.82) is 5.26 Å². The minimum Gasteiger partial charge on any atom is -0.461 e. The van der Waals surface area contributed by atoms with Crippen molar-refractivity contribution in [2.75, 3.05) is 6.61 Å². The molecule has 0 unspecified atom stereocenters. The van der Waals surface area contributed by atoms with Gasteiger partial charge in [0, 0.05) is 0 Å². The summed E-state index contributed by atoms with van der Waals surface area (Å²) in [7, 11) is 0. The molecule has 96 valence electrons. The average molecular weight is 246 g/mol. The van der Waals surface area contributed by atoms with E-state index in [9.17, 15) is 10.1 Å². The second-order valence-electron chi connectivity index (χ2n) is 5.10. The van der Waals surface area contributed by atoms with Crippen LogP contribution in [0.5, 0.6) is 0 Å². The Labute approximate surface area is 108 Å². The van der Waals surface area contributed by atoms with E-state index in [0.29, 0.717) is 17.9 Å². The smallest absolute Gasteiger partial charge is 0.356 e. The predicted octanol–water partition coefficient (Wildman–Crippen LogP) is 2.74. The summed E-state index contributed by atoms with van der Waals surface area (Å²) >= 11 is 0. The van der Waals surface area contributed by atoms with Crippen LogP contribution in [0.1, 0.15) is 55.0 Å². The molecule has 0 N–H and O–H groups in total. The van der Waals surface area contributed by atoms with Crippen LogP contribution in [-0.4, -0.2) is 17.6 Å². The van der Waals surface area contributed by atoms with Gasteiger partial charge in [0.15, 0.2) is 0 Å². The molecule has 0 fully saturated rings. The van der Waals surface area contributed by atoms with Crippen molar-refractivity contribution >= 4 is 5.97 Å². The van der Waals surface area contributed by atoms with Crippen molar-refractivity contribution in [3.8, 4) is 6.07 Å².